The van der Waals surface area contributed by atoms with Crippen molar-refractivity contribution in [3.05, 3.63) is 85.4 Å². The number of aromatic nitrogens is 3. The summed E-state index contributed by atoms with van der Waals surface area (Å²) in [5, 5.41) is 19.0. The summed E-state index contributed by atoms with van der Waals surface area (Å²) in [5.74, 6) is -1.52. The molecule has 0 bridgehead atoms. The van der Waals surface area contributed by atoms with Crippen LogP contribution in [0.25, 0.3) is 28.2 Å². The SMILES string of the molecule is Cc1cccc2c1NC(=O)/C(=C\c1c(-c3c(O)c4ccccc4n(C)c3=O)[nH][nH]c1=O)C2=O. The Balaban J connectivity index is 1.74. The molecular formula is C24H18N4O5. The summed E-state index contributed by atoms with van der Waals surface area (Å²) in [6.07, 6.45) is 1.14. The molecule has 0 saturated heterocycles. The van der Waals surface area contributed by atoms with E-state index >= 15 is 0 Å². The summed E-state index contributed by atoms with van der Waals surface area (Å²) >= 11 is 0. The maximum Gasteiger partial charge on any atom is 0.271 e. The zero-order chi connectivity index (χ0) is 23.4. The van der Waals surface area contributed by atoms with Gasteiger partial charge in [0.05, 0.1) is 28.0 Å². The van der Waals surface area contributed by atoms with Crippen LogP contribution in [0.4, 0.5) is 5.69 Å². The lowest BCUT2D eigenvalue weighted by atomic mass is 9.93. The molecule has 1 aliphatic heterocycles. The second-order valence-electron chi connectivity index (χ2n) is 7.81. The van der Waals surface area contributed by atoms with Gasteiger partial charge in [-0.05, 0) is 36.8 Å². The highest BCUT2D eigenvalue weighted by Crippen LogP contribution is 2.34. The van der Waals surface area contributed by atoms with Crippen LogP contribution in [0.3, 0.4) is 0 Å². The fourth-order valence-corrected chi connectivity index (χ4v) is 4.13. The number of pyridine rings is 1. The Morgan fingerprint density at radius 1 is 0.970 bits per heavy atom. The molecule has 2 aromatic heterocycles. The van der Waals surface area contributed by atoms with Crippen LogP contribution in [0, 0.1) is 6.92 Å². The number of fused-ring (bicyclic) bond motifs is 2. The molecule has 1 aliphatic rings. The highest BCUT2D eigenvalue weighted by molar-refractivity contribution is 6.36. The quantitative estimate of drug-likeness (QED) is 0.279. The average Bonchev–Trinajstić information content (AvgIpc) is 3.16. The lowest BCUT2D eigenvalue weighted by Gasteiger charge is -2.19. The predicted molar refractivity (Wildman–Crippen MR) is 123 cm³/mol. The van der Waals surface area contributed by atoms with E-state index in [1.807, 2.05) is 0 Å². The summed E-state index contributed by atoms with van der Waals surface area (Å²) in [5.41, 5.74) is 0.225. The van der Waals surface area contributed by atoms with E-state index in [2.05, 4.69) is 15.5 Å². The van der Waals surface area contributed by atoms with E-state index in [9.17, 15) is 24.3 Å². The molecule has 0 saturated carbocycles. The van der Waals surface area contributed by atoms with E-state index in [0.717, 1.165) is 11.6 Å². The first kappa shape index (κ1) is 20.3. The normalized spacial score (nSPS) is 14.5. The molecule has 0 fully saturated rings. The van der Waals surface area contributed by atoms with Crippen molar-refractivity contribution >= 4 is 34.4 Å². The summed E-state index contributed by atoms with van der Waals surface area (Å²) < 4.78 is 1.35. The number of nitrogens with one attached hydrogen (secondary N) is 3. The Morgan fingerprint density at radius 3 is 2.52 bits per heavy atom. The summed E-state index contributed by atoms with van der Waals surface area (Å²) in [6.45, 7) is 1.77. The van der Waals surface area contributed by atoms with Crippen molar-refractivity contribution in [1.82, 2.24) is 14.8 Å². The molecule has 3 heterocycles. The monoisotopic (exact) mass is 442 g/mol. The number of ketones is 1. The van der Waals surface area contributed by atoms with Crippen LogP contribution >= 0.6 is 0 Å². The molecule has 33 heavy (non-hydrogen) atoms. The molecule has 0 spiro atoms. The zero-order valence-corrected chi connectivity index (χ0v) is 17.6. The van der Waals surface area contributed by atoms with Crippen LogP contribution in [0.15, 0.2) is 57.6 Å². The Labute approximate surface area is 186 Å². The number of amides is 1. The molecule has 164 valence electrons. The first-order valence-corrected chi connectivity index (χ1v) is 10.1. The highest BCUT2D eigenvalue weighted by atomic mass is 16.3. The topological polar surface area (TPSA) is 137 Å². The van der Waals surface area contributed by atoms with Crippen molar-refractivity contribution in [2.24, 2.45) is 7.05 Å². The Morgan fingerprint density at radius 2 is 1.73 bits per heavy atom. The van der Waals surface area contributed by atoms with Crippen molar-refractivity contribution in [1.29, 1.82) is 0 Å². The minimum Gasteiger partial charge on any atom is -0.506 e. The van der Waals surface area contributed by atoms with Crippen molar-refractivity contribution in [3.8, 4) is 17.0 Å². The largest absolute Gasteiger partial charge is 0.506 e. The second-order valence-corrected chi connectivity index (χ2v) is 7.81. The number of H-pyrrole nitrogens is 2. The number of aromatic amines is 2. The number of hydrogen-bond donors (Lipinski definition) is 4. The number of rotatable bonds is 2. The van der Waals surface area contributed by atoms with Gasteiger partial charge in [0.1, 0.15) is 11.3 Å². The Hall–Kier alpha value is -4.66. The average molecular weight is 442 g/mol. The fourth-order valence-electron chi connectivity index (χ4n) is 4.13. The minimum atomic E-state index is -0.663. The molecule has 4 aromatic rings. The first-order chi connectivity index (χ1) is 15.8. The highest BCUT2D eigenvalue weighted by Gasteiger charge is 2.31. The van der Waals surface area contributed by atoms with Crippen LogP contribution in [0.2, 0.25) is 0 Å². The smallest absolute Gasteiger partial charge is 0.271 e. The number of aryl methyl sites for hydroxylation is 2. The lowest BCUT2D eigenvalue weighted by Crippen LogP contribution is -2.28. The maximum atomic E-state index is 13.1. The number of carbonyl (C=O) groups excluding carboxylic acids is 2. The van der Waals surface area contributed by atoms with Gasteiger partial charge >= 0.3 is 0 Å². The third-order valence-corrected chi connectivity index (χ3v) is 5.87. The van der Waals surface area contributed by atoms with Crippen LogP contribution in [0.1, 0.15) is 21.5 Å². The van der Waals surface area contributed by atoms with E-state index in [1.165, 1.54) is 4.57 Å². The van der Waals surface area contributed by atoms with Gasteiger partial charge in [0.25, 0.3) is 17.0 Å². The third-order valence-electron chi connectivity index (χ3n) is 5.87. The molecule has 2 aromatic carbocycles. The van der Waals surface area contributed by atoms with E-state index in [4.69, 9.17) is 0 Å². The Bertz CT molecular complexity index is 1650. The van der Waals surface area contributed by atoms with Crippen LogP contribution in [0.5, 0.6) is 5.75 Å². The van der Waals surface area contributed by atoms with Gasteiger partial charge in [0.15, 0.2) is 0 Å². The number of carbonyl (C=O) groups is 2. The first-order valence-electron chi connectivity index (χ1n) is 10.1. The molecule has 1 amide bonds. The number of para-hydroxylation sites is 2. The number of Topliss-reactive ketones (excluding diaryl/α,β-unsaturated/α-hetero) is 1. The third kappa shape index (κ3) is 2.93. The van der Waals surface area contributed by atoms with Gasteiger partial charge < -0.3 is 15.0 Å². The Kier molecular flexibility index (Phi) is 4.42. The molecular weight excluding hydrogens is 424 g/mol. The van der Waals surface area contributed by atoms with E-state index in [-0.39, 0.29) is 28.1 Å². The lowest BCUT2D eigenvalue weighted by molar-refractivity contribution is -0.112. The van der Waals surface area contributed by atoms with Gasteiger partial charge in [-0.2, -0.15) is 0 Å². The summed E-state index contributed by atoms with van der Waals surface area (Å²) in [7, 11) is 1.55. The number of aromatic hydroxyl groups is 1. The van der Waals surface area contributed by atoms with Crippen molar-refractivity contribution < 1.29 is 14.7 Å². The number of anilines is 1. The zero-order valence-electron chi connectivity index (χ0n) is 17.6. The number of hydrogen-bond acceptors (Lipinski definition) is 5. The standard InChI is InChI=1S/C24H18N4O5/c1-11-6-5-8-13-18(11)25-22(31)15(20(13)29)10-14-19(26-27-23(14)32)17-21(30)12-7-3-4-9-16(12)28(2)24(17)33/h3-10,30H,1-2H3,(H,25,31)(H2,26,27,32)/b15-10-. The predicted octanol–water partition coefficient (Wildman–Crippen LogP) is 2.45. The van der Waals surface area contributed by atoms with Crippen molar-refractivity contribution in [3.63, 3.8) is 0 Å². The molecule has 0 unspecified atom stereocenters. The summed E-state index contributed by atoms with van der Waals surface area (Å²) in [6, 6.07) is 11.8. The minimum absolute atomic E-state index is 0.0213. The summed E-state index contributed by atoms with van der Waals surface area (Å²) in [4.78, 5) is 51.5. The molecule has 0 atom stereocenters. The number of benzene rings is 2. The van der Waals surface area contributed by atoms with Crippen LogP contribution in [-0.2, 0) is 11.8 Å². The molecule has 9 heteroatoms. The van der Waals surface area contributed by atoms with Gasteiger partial charge in [-0.25, -0.2) is 0 Å². The van der Waals surface area contributed by atoms with Crippen molar-refractivity contribution in [2.75, 3.05) is 5.32 Å². The molecule has 0 aliphatic carbocycles. The van der Waals surface area contributed by atoms with E-state index in [1.54, 1.807) is 56.4 Å². The van der Waals surface area contributed by atoms with Gasteiger partial charge in [0.2, 0.25) is 5.78 Å². The number of nitrogens with zero attached hydrogens (tertiary/aromatic N) is 1. The van der Waals surface area contributed by atoms with E-state index < -0.39 is 22.8 Å². The van der Waals surface area contributed by atoms with Crippen LogP contribution in [-0.4, -0.2) is 31.6 Å². The molecule has 5 rings (SSSR count). The maximum absolute atomic E-state index is 13.1. The second kappa shape index (κ2) is 7.20. The fraction of sp³-hybridized carbons (Fsp3) is 0.0833. The van der Waals surface area contributed by atoms with E-state index in [0.29, 0.717) is 22.2 Å². The molecule has 0 radical (unpaired) electrons. The van der Waals surface area contributed by atoms with Crippen LogP contribution < -0.4 is 16.4 Å². The van der Waals surface area contributed by atoms with Crippen molar-refractivity contribution in [2.45, 2.75) is 6.92 Å². The van der Waals surface area contributed by atoms with Gasteiger partial charge in [-0.3, -0.25) is 29.4 Å². The molecule has 4 N–H and O–H groups in total. The van der Waals surface area contributed by atoms with Gasteiger partial charge in [0, 0.05) is 18.0 Å². The van der Waals surface area contributed by atoms with Gasteiger partial charge in [-0.1, -0.05) is 24.3 Å². The van der Waals surface area contributed by atoms with Gasteiger partial charge in [-0.15, -0.1) is 0 Å². The molecule has 9 nitrogen and oxygen atoms in total.